The molecule has 1 aromatic rings. The molecule has 1 aromatic carbocycles. The summed E-state index contributed by atoms with van der Waals surface area (Å²) in [7, 11) is 6.34. The predicted octanol–water partition coefficient (Wildman–Crippen LogP) is -1.70. The van der Waals surface area contributed by atoms with E-state index >= 15 is 0 Å². The highest BCUT2D eigenvalue weighted by atomic mass is 127. The number of quaternary nitrogens is 1. The normalized spacial score (nSPS) is 13.1. The number of hydrogen-bond acceptors (Lipinski definition) is 1. The molecule has 1 rings (SSSR count). The van der Waals surface area contributed by atoms with Gasteiger partial charge in [-0.2, -0.15) is 0 Å². The monoisotopic (exact) mass is 321 g/mol. The summed E-state index contributed by atoms with van der Waals surface area (Å²) in [5.41, 5.74) is 1.29. The molecule has 1 N–H and O–H groups in total. The van der Waals surface area contributed by atoms with Gasteiger partial charge in [0.15, 0.2) is 0 Å². The third kappa shape index (κ3) is 4.95. The lowest BCUT2D eigenvalue weighted by Crippen LogP contribution is -3.00. The van der Waals surface area contributed by atoms with E-state index in [-0.39, 0.29) is 36.6 Å². The Kier molecular flexibility index (Phi) is 6.40. The summed E-state index contributed by atoms with van der Waals surface area (Å²) in [6.45, 7) is 0.235. The van der Waals surface area contributed by atoms with Crippen LogP contribution < -0.4 is 24.0 Å². The average molecular weight is 321 g/mol. The number of likely N-dealkylation sites (N-methyl/N-ethyl adjacent to an activating group) is 1. The molecule has 0 heterocycles. The molecule has 1 unspecified atom stereocenters. The predicted molar refractivity (Wildman–Crippen MR) is 59.1 cm³/mol. The van der Waals surface area contributed by atoms with Crippen LogP contribution in [-0.2, 0) is 6.42 Å². The van der Waals surface area contributed by atoms with Gasteiger partial charge < -0.3 is 33.6 Å². The number of rotatable bonds is 4. The van der Waals surface area contributed by atoms with E-state index in [0.717, 1.165) is 10.9 Å². The molecule has 0 saturated heterocycles. The van der Waals surface area contributed by atoms with Crippen LogP contribution in [0.3, 0.4) is 0 Å². The Hall–Kier alpha value is -0.130. The molecular weight excluding hydrogens is 301 g/mol. The lowest BCUT2D eigenvalue weighted by molar-refractivity contribution is -0.896. The maximum Gasteiger partial charge on any atom is 0.116 e. The molecule has 3 heteroatoms. The lowest BCUT2D eigenvalue weighted by Gasteiger charge is -2.33. The van der Waals surface area contributed by atoms with Gasteiger partial charge in [-0.3, -0.25) is 0 Å². The van der Waals surface area contributed by atoms with Gasteiger partial charge in [0.25, 0.3) is 0 Å². The molecule has 0 radical (unpaired) electrons. The van der Waals surface area contributed by atoms with Crippen molar-refractivity contribution in [3.8, 4) is 0 Å². The minimum atomic E-state index is 0. The first-order valence-corrected chi connectivity index (χ1v) is 5.00. The molecule has 86 valence electrons. The highest BCUT2D eigenvalue weighted by Gasteiger charge is 2.22. The Bertz CT molecular complexity index is 269. The van der Waals surface area contributed by atoms with Crippen molar-refractivity contribution >= 4 is 0 Å². The molecule has 0 spiro atoms. The zero-order valence-electron chi connectivity index (χ0n) is 9.65. The van der Waals surface area contributed by atoms with Gasteiger partial charge in [0.2, 0.25) is 0 Å². The highest BCUT2D eigenvalue weighted by molar-refractivity contribution is 5.15. The van der Waals surface area contributed by atoms with Crippen LogP contribution in [0, 0.1) is 0 Å². The second-order valence-electron chi connectivity index (χ2n) is 4.64. The number of halogens is 1. The van der Waals surface area contributed by atoms with Crippen molar-refractivity contribution < 1.29 is 33.6 Å². The maximum absolute atomic E-state index is 9.31. The van der Waals surface area contributed by atoms with Crippen LogP contribution in [0.15, 0.2) is 30.3 Å². The number of hydrogen-bond donors (Lipinski definition) is 1. The molecule has 0 bridgehead atoms. The molecule has 0 aliphatic heterocycles. The molecule has 0 amide bonds. The summed E-state index contributed by atoms with van der Waals surface area (Å²) in [4.78, 5) is 0. The third-order valence-corrected chi connectivity index (χ3v) is 2.62. The summed E-state index contributed by atoms with van der Waals surface area (Å²) >= 11 is 0. The van der Waals surface area contributed by atoms with Crippen LogP contribution in [0.5, 0.6) is 0 Å². The zero-order chi connectivity index (χ0) is 10.6. The average Bonchev–Trinajstić information content (AvgIpc) is 2.14. The van der Waals surface area contributed by atoms with Crippen LogP contribution in [0.4, 0.5) is 0 Å². The molecule has 0 fully saturated rings. The zero-order valence-corrected chi connectivity index (χ0v) is 11.8. The molecule has 2 nitrogen and oxygen atoms in total. The summed E-state index contributed by atoms with van der Waals surface area (Å²) in [5, 5.41) is 9.31. The van der Waals surface area contributed by atoms with Crippen molar-refractivity contribution in [1.82, 2.24) is 0 Å². The standard InChI is InChI=1S/C12H20NO.HI/c1-13(2,3)12(10-14)9-11-7-5-4-6-8-11;/h4-8,12,14H,9-10H2,1-3H3;1H/q+1;/p-1. The van der Waals surface area contributed by atoms with Gasteiger partial charge in [0.1, 0.15) is 6.04 Å². The summed E-state index contributed by atoms with van der Waals surface area (Å²) < 4.78 is 0.797. The fraction of sp³-hybridized carbons (Fsp3) is 0.500. The van der Waals surface area contributed by atoms with E-state index in [1.165, 1.54) is 5.56 Å². The smallest absolute Gasteiger partial charge is 0.116 e. The van der Waals surface area contributed by atoms with Gasteiger partial charge in [-0.25, -0.2) is 0 Å². The summed E-state index contributed by atoms with van der Waals surface area (Å²) in [6, 6.07) is 10.6. The quantitative estimate of drug-likeness (QED) is 0.518. The maximum atomic E-state index is 9.31. The molecule has 0 aliphatic carbocycles. The molecule has 0 saturated carbocycles. The first-order chi connectivity index (χ1) is 6.54. The van der Waals surface area contributed by atoms with E-state index < -0.39 is 0 Å². The number of nitrogens with zero attached hydrogens (tertiary/aromatic N) is 1. The van der Waals surface area contributed by atoms with Crippen molar-refractivity contribution in [2.75, 3.05) is 27.7 Å². The molecule has 0 aliphatic rings. The fourth-order valence-electron chi connectivity index (χ4n) is 1.47. The Balaban J connectivity index is 0.00000196. The van der Waals surface area contributed by atoms with E-state index in [9.17, 15) is 5.11 Å². The van der Waals surface area contributed by atoms with Crippen LogP contribution in [-0.4, -0.2) is 43.4 Å². The van der Waals surface area contributed by atoms with E-state index in [0.29, 0.717) is 0 Å². The fourth-order valence-corrected chi connectivity index (χ4v) is 1.47. The van der Waals surface area contributed by atoms with Gasteiger partial charge >= 0.3 is 0 Å². The van der Waals surface area contributed by atoms with Crippen molar-refractivity contribution in [3.05, 3.63) is 35.9 Å². The molecular formula is C12H20INO. The first kappa shape index (κ1) is 14.9. The molecule has 1 atom stereocenters. The Labute approximate surface area is 110 Å². The van der Waals surface area contributed by atoms with Crippen LogP contribution in [0.1, 0.15) is 5.56 Å². The lowest BCUT2D eigenvalue weighted by atomic mass is 10.0. The highest BCUT2D eigenvalue weighted by Crippen LogP contribution is 2.10. The second-order valence-corrected chi connectivity index (χ2v) is 4.64. The minimum absolute atomic E-state index is 0. The second kappa shape index (κ2) is 6.45. The van der Waals surface area contributed by atoms with E-state index in [4.69, 9.17) is 0 Å². The minimum Gasteiger partial charge on any atom is -1.00 e. The number of aliphatic hydroxyl groups excluding tert-OH is 1. The van der Waals surface area contributed by atoms with Gasteiger partial charge in [-0.1, -0.05) is 30.3 Å². The molecule has 15 heavy (non-hydrogen) atoms. The van der Waals surface area contributed by atoms with Crippen molar-refractivity contribution in [1.29, 1.82) is 0 Å². The van der Waals surface area contributed by atoms with Crippen molar-refractivity contribution in [2.45, 2.75) is 12.5 Å². The van der Waals surface area contributed by atoms with Crippen molar-refractivity contribution in [2.24, 2.45) is 0 Å². The number of benzene rings is 1. The first-order valence-electron chi connectivity index (χ1n) is 5.00. The van der Waals surface area contributed by atoms with Gasteiger partial charge in [0, 0.05) is 6.42 Å². The van der Waals surface area contributed by atoms with E-state index in [1.807, 2.05) is 18.2 Å². The summed E-state index contributed by atoms with van der Waals surface area (Å²) in [6.07, 6.45) is 0.931. The Morgan fingerprint density at radius 2 is 1.67 bits per heavy atom. The number of aliphatic hydroxyl groups is 1. The Morgan fingerprint density at radius 3 is 2.07 bits per heavy atom. The summed E-state index contributed by atoms with van der Waals surface area (Å²) in [5.74, 6) is 0. The van der Waals surface area contributed by atoms with Crippen LogP contribution >= 0.6 is 0 Å². The Morgan fingerprint density at radius 1 is 1.13 bits per heavy atom. The van der Waals surface area contributed by atoms with Gasteiger partial charge in [-0.15, -0.1) is 0 Å². The van der Waals surface area contributed by atoms with Crippen molar-refractivity contribution in [3.63, 3.8) is 0 Å². The van der Waals surface area contributed by atoms with Gasteiger partial charge in [0.05, 0.1) is 27.7 Å². The van der Waals surface area contributed by atoms with E-state index in [2.05, 4.69) is 33.3 Å². The third-order valence-electron chi connectivity index (χ3n) is 2.62. The van der Waals surface area contributed by atoms with Gasteiger partial charge in [-0.05, 0) is 5.56 Å². The SMILES string of the molecule is C[N+](C)(C)C(CO)Cc1ccccc1.[I-]. The van der Waals surface area contributed by atoms with E-state index in [1.54, 1.807) is 0 Å². The van der Waals surface area contributed by atoms with Crippen LogP contribution in [0.2, 0.25) is 0 Å². The van der Waals surface area contributed by atoms with Crippen LogP contribution in [0.25, 0.3) is 0 Å². The largest absolute Gasteiger partial charge is 1.00 e. The molecule has 0 aromatic heterocycles. The topological polar surface area (TPSA) is 20.2 Å².